The molecule has 0 aromatic carbocycles. The molecule has 0 saturated heterocycles. The first kappa shape index (κ1) is 12.8. The minimum absolute atomic E-state index is 0.265. The highest BCUT2D eigenvalue weighted by Crippen LogP contribution is 2.08. The molecule has 3 rings (SSSR count). The first-order valence-electron chi connectivity index (χ1n) is 5.85. The lowest BCUT2D eigenvalue weighted by atomic mass is 10.4. The van der Waals surface area contributed by atoms with Gasteiger partial charge in [0.05, 0.1) is 0 Å². The molecule has 0 aliphatic heterocycles. The van der Waals surface area contributed by atoms with Crippen LogP contribution in [0.4, 0.5) is 0 Å². The van der Waals surface area contributed by atoms with E-state index in [1.165, 1.54) is 22.7 Å². The van der Waals surface area contributed by atoms with Crippen LogP contribution in [0.15, 0.2) is 44.6 Å². The van der Waals surface area contributed by atoms with Crippen LogP contribution in [-0.4, -0.2) is 9.97 Å². The smallest absolute Gasteiger partial charge is 0.272 e. The molecular formula is C14H10N2O2S2. The van der Waals surface area contributed by atoms with Gasteiger partial charge in [0.1, 0.15) is 10.7 Å². The Balaban J connectivity index is 2.18. The van der Waals surface area contributed by atoms with E-state index in [2.05, 4.69) is 9.97 Å². The molecule has 2 N–H and O–H groups in total. The van der Waals surface area contributed by atoms with Gasteiger partial charge in [0, 0.05) is 9.75 Å². The molecule has 0 aliphatic carbocycles. The fraction of sp³-hybridized carbons (Fsp3) is 0. The highest BCUT2D eigenvalue weighted by Gasteiger charge is 1.97. The first-order valence-corrected chi connectivity index (χ1v) is 7.61. The molecular weight excluding hydrogens is 292 g/mol. The van der Waals surface area contributed by atoms with Crippen molar-refractivity contribution in [2.45, 2.75) is 0 Å². The quantitative estimate of drug-likeness (QED) is 0.737. The van der Waals surface area contributed by atoms with Crippen LogP contribution in [0, 0.1) is 0 Å². The largest absolute Gasteiger partial charge is 0.316 e. The third-order valence-electron chi connectivity index (χ3n) is 2.65. The van der Waals surface area contributed by atoms with Gasteiger partial charge in [0.25, 0.3) is 11.1 Å². The summed E-state index contributed by atoms with van der Waals surface area (Å²) in [7, 11) is 0. The lowest BCUT2D eigenvalue weighted by molar-refractivity contribution is 1.00. The maximum absolute atomic E-state index is 12.0. The van der Waals surface area contributed by atoms with Gasteiger partial charge < -0.3 is 9.97 Å². The van der Waals surface area contributed by atoms with Crippen LogP contribution in [0.3, 0.4) is 0 Å². The van der Waals surface area contributed by atoms with Crippen molar-refractivity contribution in [1.29, 1.82) is 0 Å². The van der Waals surface area contributed by atoms with Gasteiger partial charge in [-0.3, -0.25) is 9.59 Å². The highest BCUT2D eigenvalue weighted by molar-refractivity contribution is 7.11. The molecule has 0 saturated carbocycles. The molecule has 0 amide bonds. The van der Waals surface area contributed by atoms with Crippen LogP contribution >= 0.6 is 22.7 Å². The second-order valence-electron chi connectivity index (χ2n) is 4.06. The van der Waals surface area contributed by atoms with Gasteiger partial charge in [-0.15, -0.1) is 22.7 Å². The van der Waals surface area contributed by atoms with Gasteiger partial charge in [0.15, 0.2) is 0 Å². The molecule has 6 heteroatoms. The van der Waals surface area contributed by atoms with Crippen molar-refractivity contribution in [3.8, 4) is 0 Å². The summed E-state index contributed by atoms with van der Waals surface area (Å²) in [4.78, 5) is 31.0. The van der Waals surface area contributed by atoms with Crippen LogP contribution in [0.25, 0.3) is 12.2 Å². The molecule has 100 valence electrons. The van der Waals surface area contributed by atoms with Crippen molar-refractivity contribution in [2.24, 2.45) is 0 Å². The number of H-pyrrole nitrogens is 2. The average Bonchev–Trinajstić information content (AvgIpc) is 3.08. The topological polar surface area (TPSA) is 65.7 Å². The van der Waals surface area contributed by atoms with E-state index in [-0.39, 0.29) is 21.8 Å². The second kappa shape index (κ2) is 5.44. The molecule has 0 atom stereocenters. The Morgan fingerprint density at radius 1 is 0.800 bits per heavy atom. The van der Waals surface area contributed by atoms with E-state index in [0.717, 1.165) is 9.75 Å². The zero-order valence-corrected chi connectivity index (χ0v) is 11.9. The molecule has 3 aromatic rings. The van der Waals surface area contributed by atoms with E-state index in [9.17, 15) is 9.59 Å². The summed E-state index contributed by atoms with van der Waals surface area (Å²) in [6, 6.07) is 7.55. The SMILES string of the molecule is O=c1[nH]/c(=C\c2cccs2)c(=O)[nH]/c1=C\c1cccs1. The number of hydrogen-bond acceptors (Lipinski definition) is 4. The second-order valence-corrected chi connectivity index (χ2v) is 6.01. The molecule has 0 fully saturated rings. The summed E-state index contributed by atoms with van der Waals surface area (Å²) in [6.45, 7) is 0. The van der Waals surface area contributed by atoms with Gasteiger partial charge in [-0.25, -0.2) is 0 Å². The maximum atomic E-state index is 12.0. The Morgan fingerprint density at radius 2 is 1.25 bits per heavy atom. The van der Waals surface area contributed by atoms with Crippen molar-refractivity contribution in [3.05, 3.63) is 76.2 Å². The number of rotatable bonds is 2. The summed E-state index contributed by atoms with van der Waals surface area (Å²) in [5.74, 6) is 0. The number of nitrogens with one attached hydrogen (secondary N) is 2. The third kappa shape index (κ3) is 2.71. The van der Waals surface area contributed by atoms with E-state index >= 15 is 0 Å². The maximum Gasteiger partial charge on any atom is 0.272 e. The van der Waals surface area contributed by atoms with Gasteiger partial charge in [-0.1, -0.05) is 12.1 Å². The van der Waals surface area contributed by atoms with Crippen LogP contribution in [0.1, 0.15) is 9.75 Å². The highest BCUT2D eigenvalue weighted by atomic mass is 32.1. The van der Waals surface area contributed by atoms with E-state index in [1.54, 1.807) is 12.2 Å². The van der Waals surface area contributed by atoms with Crippen molar-refractivity contribution >= 4 is 34.8 Å². The Morgan fingerprint density at radius 3 is 1.60 bits per heavy atom. The summed E-state index contributed by atoms with van der Waals surface area (Å²) >= 11 is 3.01. The van der Waals surface area contributed by atoms with Gasteiger partial charge in [-0.05, 0) is 35.0 Å². The van der Waals surface area contributed by atoms with Gasteiger partial charge in [-0.2, -0.15) is 0 Å². The lowest BCUT2D eigenvalue weighted by Crippen LogP contribution is -2.46. The molecule has 3 heterocycles. The number of hydrogen-bond donors (Lipinski definition) is 2. The van der Waals surface area contributed by atoms with E-state index in [0.29, 0.717) is 0 Å². The lowest BCUT2D eigenvalue weighted by Gasteiger charge is -1.90. The van der Waals surface area contributed by atoms with Crippen LogP contribution in [0.5, 0.6) is 0 Å². The standard InChI is InChI=1S/C14H10N2O2S2/c17-13-11(7-9-3-1-5-19-9)15-14(18)12(16-13)8-10-4-2-6-20-10/h1-8H,(H,15,18)(H,16,17)/b11-7-,12-8-. The molecule has 0 unspecified atom stereocenters. The minimum atomic E-state index is -0.305. The molecule has 0 spiro atoms. The van der Waals surface area contributed by atoms with Crippen molar-refractivity contribution in [3.63, 3.8) is 0 Å². The number of thiophene rings is 2. The van der Waals surface area contributed by atoms with Gasteiger partial charge >= 0.3 is 0 Å². The van der Waals surface area contributed by atoms with Crippen LogP contribution < -0.4 is 21.8 Å². The first-order chi connectivity index (χ1) is 9.72. The molecule has 20 heavy (non-hydrogen) atoms. The van der Waals surface area contributed by atoms with Crippen molar-refractivity contribution in [2.75, 3.05) is 0 Å². The fourth-order valence-corrected chi connectivity index (χ4v) is 3.04. The predicted molar refractivity (Wildman–Crippen MR) is 82.7 cm³/mol. The summed E-state index contributed by atoms with van der Waals surface area (Å²) in [6.07, 6.45) is 3.33. The fourth-order valence-electron chi connectivity index (χ4n) is 1.73. The summed E-state index contributed by atoms with van der Waals surface area (Å²) in [5.41, 5.74) is -0.610. The Kier molecular flexibility index (Phi) is 3.49. The van der Waals surface area contributed by atoms with Crippen LogP contribution in [-0.2, 0) is 0 Å². The summed E-state index contributed by atoms with van der Waals surface area (Å²) < 4.78 is 0. The Bertz CT molecular complexity index is 852. The zero-order chi connectivity index (χ0) is 13.9. The molecule has 0 bridgehead atoms. The average molecular weight is 302 g/mol. The Labute approximate surface area is 121 Å². The van der Waals surface area contributed by atoms with E-state index in [1.807, 2.05) is 35.0 Å². The predicted octanol–water partition coefficient (Wildman–Crippen LogP) is 0.844. The van der Waals surface area contributed by atoms with Crippen LogP contribution in [0.2, 0.25) is 0 Å². The Hall–Kier alpha value is -2.18. The normalized spacial score (nSPS) is 13.0. The molecule has 4 nitrogen and oxygen atoms in total. The molecule has 3 aromatic heterocycles. The van der Waals surface area contributed by atoms with Crippen molar-refractivity contribution in [1.82, 2.24) is 9.97 Å². The van der Waals surface area contributed by atoms with E-state index in [4.69, 9.17) is 0 Å². The van der Waals surface area contributed by atoms with Crippen molar-refractivity contribution < 1.29 is 0 Å². The third-order valence-corrected chi connectivity index (χ3v) is 4.28. The number of aromatic nitrogens is 2. The van der Waals surface area contributed by atoms with E-state index < -0.39 is 0 Å². The molecule has 0 aliphatic rings. The van der Waals surface area contributed by atoms with Gasteiger partial charge in [0.2, 0.25) is 0 Å². The summed E-state index contributed by atoms with van der Waals surface area (Å²) in [5, 5.41) is 4.36. The zero-order valence-electron chi connectivity index (χ0n) is 10.3. The molecule has 0 radical (unpaired) electrons. The monoisotopic (exact) mass is 302 g/mol. The number of aromatic amines is 2. The minimum Gasteiger partial charge on any atom is -0.316 e.